The molecule has 1 aromatic heterocycles. The quantitative estimate of drug-likeness (QED) is 0.387. The van der Waals surface area contributed by atoms with Gasteiger partial charge in [-0.15, -0.1) is 10.2 Å². The molecule has 4 rings (SSSR count). The first-order chi connectivity index (χ1) is 15.8. The Morgan fingerprint density at radius 2 is 1.64 bits per heavy atom. The predicted molar refractivity (Wildman–Crippen MR) is 131 cm³/mol. The number of carbonyl (C=O) groups is 1. The Morgan fingerprint density at radius 3 is 2.30 bits per heavy atom. The summed E-state index contributed by atoms with van der Waals surface area (Å²) in [7, 11) is -4.02. The molecule has 0 saturated heterocycles. The van der Waals surface area contributed by atoms with E-state index in [4.69, 9.17) is 11.6 Å². The number of aromatic nitrogens is 2. The van der Waals surface area contributed by atoms with Crippen molar-refractivity contribution in [2.24, 2.45) is 0 Å². The van der Waals surface area contributed by atoms with Gasteiger partial charge in [0.2, 0.25) is 11.0 Å². The van der Waals surface area contributed by atoms with E-state index in [-0.39, 0.29) is 10.0 Å². The minimum atomic E-state index is -4.02. The zero-order chi connectivity index (χ0) is 23.4. The smallest absolute Gasteiger partial charge is 0.264 e. The summed E-state index contributed by atoms with van der Waals surface area (Å²) in [6.45, 7) is 1.56. The Bertz CT molecular complexity index is 1360. The van der Waals surface area contributed by atoms with E-state index in [1.165, 1.54) is 35.6 Å². The number of carbonyl (C=O) groups excluding carboxylic acids is 1. The van der Waals surface area contributed by atoms with Crippen LogP contribution in [-0.4, -0.2) is 31.1 Å². The number of nitrogens with one attached hydrogen (secondary N) is 1. The maximum atomic E-state index is 13.3. The van der Waals surface area contributed by atoms with Gasteiger partial charge in [-0.1, -0.05) is 71.0 Å². The molecule has 0 radical (unpaired) electrons. The van der Waals surface area contributed by atoms with Gasteiger partial charge in [0.15, 0.2) is 0 Å². The lowest BCUT2D eigenvalue weighted by molar-refractivity contribution is -0.114. The van der Waals surface area contributed by atoms with E-state index in [0.717, 1.165) is 15.4 Å². The molecule has 168 valence electrons. The maximum Gasteiger partial charge on any atom is 0.264 e. The van der Waals surface area contributed by atoms with Gasteiger partial charge in [0.1, 0.15) is 11.6 Å². The summed E-state index contributed by atoms with van der Waals surface area (Å²) in [6, 6.07) is 22.0. The molecule has 0 atom stereocenters. The van der Waals surface area contributed by atoms with Crippen molar-refractivity contribution in [2.45, 2.75) is 11.8 Å². The van der Waals surface area contributed by atoms with Crippen LogP contribution in [0.5, 0.6) is 0 Å². The molecular weight excluding hydrogens is 480 g/mol. The number of anilines is 2. The van der Waals surface area contributed by atoms with Gasteiger partial charge in [-0.25, -0.2) is 8.42 Å². The highest BCUT2D eigenvalue weighted by atomic mass is 35.5. The number of hydrogen-bond donors (Lipinski definition) is 1. The van der Waals surface area contributed by atoms with Crippen molar-refractivity contribution >= 4 is 49.7 Å². The Hall–Kier alpha value is -3.27. The lowest BCUT2D eigenvalue weighted by atomic mass is 10.2. The molecule has 4 aromatic rings. The highest BCUT2D eigenvalue weighted by Gasteiger charge is 2.27. The van der Waals surface area contributed by atoms with Crippen molar-refractivity contribution in [3.05, 3.63) is 89.4 Å². The number of halogens is 1. The lowest BCUT2D eigenvalue weighted by Gasteiger charge is -2.23. The third-order valence-corrected chi connectivity index (χ3v) is 7.63. The standard InChI is InChI=1S/C23H19ClN4O3S2/c1-16-7-9-17(10-8-16)22-26-27-23(32-22)25-21(29)15-28(19-5-3-2-4-6-19)33(30,31)20-13-11-18(24)12-14-20/h2-14H,15H2,1H3,(H,25,27,29). The Balaban J connectivity index is 1.56. The number of benzene rings is 3. The van der Waals surface area contributed by atoms with Crippen LogP contribution in [0.2, 0.25) is 5.02 Å². The number of aryl methyl sites for hydroxylation is 1. The molecular formula is C23H19ClN4O3S2. The van der Waals surface area contributed by atoms with Crippen LogP contribution < -0.4 is 9.62 Å². The van der Waals surface area contributed by atoms with E-state index >= 15 is 0 Å². The van der Waals surface area contributed by atoms with Crippen LogP contribution in [0, 0.1) is 6.92 Å². The highest BCUT2D eigenvalue weighted by Crippen LogP contribution is 2.27. The molecule has 1 N–H and O–H groups in total. The van der Waals surface area contributed by atoms with Crippen molar-refractivity contribution in [2.75, 3.05) is 16.2 Å². The zero-order valence-electron chi connectivity index (χ0n) is 17.5. The van der Waals surface area contributed by atoms with Crippen LogP contribution in [0.15, 0.2) is 83.8 Å². The molecule has 10 heteroatoms. The summed E-state index contributed by atoms with van der Waals surface area (Å²) in [6.07, 6.45) is 0. The third kappa shape index (κ3) is 5.39. The number of hydrogen-bond acceptors (Lipinski definition) is 6. The molecule has 33 heavy (non-hydrogen) atoms. The molecule has 7 nitrogen and oxygen atoms in total. The molecule has 0 aliphatic carbocycles. The lowest BCUT2D eigenvalue weighted by Crippen LogP contribution is -2.38. The van der Waals surface area contributed by atoms with Gasteiger partial charge in [-0.05, 0) is 43.3 Å². The van der Waals surface area contributed by atoms with E-state index in [0.29, 0.717) is 15.7 Å². The average molecular weight is 499 g/mol. The van der Waals surface area contributed by atoms with Crippen molar-refractivity contribution in [1.29, 1.82) is 0 Å². The average Bonchev–Trinajstić information content (AvgIpc) is 3.27. The number of rotatable bonds is 7. The minimum absolute atomic E-state index is 0.0288. The molecule has 0 aliphatic rings. The molecule has 0 unspecified atom stereocenters. The maximum absolute atomic E-state index is 13.3. The summed E-state index contributed by atoms with van der Waals surface area (Å²) in [4.78, 5) is 12.8. The second-order valence-corrected chi connectivity index (χ2v) is 10.4. The second-order valence-electron chi connectivity index (χ2n) is 7.13. The fourth-order valence-corrected chi connectivity index (χ4v) is 5.33. The minimum Gasteiger partial charge on any atom is -0.299 e. The van der Waals surface area contributed by atoms with Gasteiger partial charge < -0.3 is 0 Å². The predicted octanol–water partition coefficient (Wildman–Crippen LogP) is 5.00. The fourth-order valence-electron chi connectivity index (χ4n) is 3.02. The Labute approximate surface area is 200 Å². The first kappa shape index (κ1) is 22.9. The summed E-state index contributed by atoms with van der Waals surface area (Å²) >= 11 is 7.11. The highest BCUT2D eigenvalue weighted by molar-refractivity contribution is 7.92. The van der Waals surface area contributed by atoms with Gasteiger partial charge >= 0.3 is 0 Å². The van der Waals surface area contributed by atoms with Gasteiger partial charge in [-0.3, -0.25) is 14.4 Å². The van der Waals surface area contributed by atoms with Crippen molar-refractivity contribution in [3.63, 3.8) is 0 Å². The number of para-hydroxylation sites is 1. The van der Waals surface area contributed by atoms with Crippen LogP contribution in [0.25, 0.3) is 10.6 Å². The Kier molecular flexibility index (Phi) is 6.73. The molecule has 0 saturated carbocycles. The third-order valence-electron chi connectivity index (χ3n) is 4.70. The number of sulfonamides is 1. The SMILES string of the molecule is Cc1ccc(-c2nnc(NC(=O)CN(c3ccccc3)S(=O)(=O)c3ccc(Cl)cc3)s2)cc1. The Morgan fingerprint density at radius 1 is 0.970 bits per heavy atom. The van der Waals surface area contributed by atoms with Crippen LogP contribution in [-0.2, 0) is 14.8 Å². The van der Waals surface area contributed by atoms with Crippen molar-refractivity contribution in [1.82, 2.24) is 10.2 Å². The molecule has 1 heterocycles. The van der Waals surface area contributed by atoms with E-state index in [1.54, 1.807) is 30.3 Å². The first-order valence-electron chi connectivity index (χ1n) is 9.87. The molecule has 0 bridgehead atoms. The normalized spacial score (nSPS) is 11.2. The van der Waals surface area contributed by atoms with Gasteiger partial charge in [0.05, 0.1) is 10.6 Å². The topological polar surface area (TPSA) is 92.3 Å². The van der Waals surface area contributed by atoms with E-state index < -0.39 is 22.5 Å². The van der Waals surface area contributed by atoms with Crippen molar-refractivity contribution in [3.8, 4) is 10.6 Å². The van der Waals surface area contributed by atoms with Crippen molar-refractivity contribution < 1.29 is 13.2 Å². The molecule has 1 amide bonds. The number of nitrogens with zero attached hydrogens (tertiary/aromatic N) is 3. The second kappa shape index (κ2) is 9.70. The summed E-state index contributed by atoms with van der Waals surface area (Å²) in [5, 5.41) is 12.1. The van der Waals surface area contributed by atoms with Gasteiger partial charge in [0.25, 0.3) is 10.0 Å². The molecule has 0 spiro atoms. The first-order valence-corrected chi connectivity index (χ1v) is 12.5. The summed E-state index contributed by atoms with van der Waals surface area (Å²) in [5.41, 5.74) is 2.37. The van der Waals surface area contributed by atoms with Crippen LogP contribution >= 0.6 is 22.9 Å². The largest absolute Gasteiger partial charge is 0.299 e. The summed E-state index contributed by atoms with van der Waals surface area (Å²) in [5.74, 6) is -0.539. The van der Waals surface area contributed by atoms with Crippen LogP contribution in [0.4, 0.5) is 10.8 Å². The van der Waals surface area contributed by atoms with Crippen LogP contribution in [0.3, 0.4) is 0 Å². The van der Waals surface area contributed by atoms with Gasteiger partial charge in [0, 0.05) is 10.6 Å². The summed E-state index contributed by atoms with van der Waals surface area (Å²) < 4.78 is 27.7. The van der Waals surface area contributed by atoms with E-state index in [9.17, 15) is 13.2 Å². The zero-order valence-corrected chi connectivity index (χ0v) is 19.9. The number of amides is 1. The molecule has 3 aromatic carbocycles. The monoisotopic (exact) mass is 498 g/mol. The fraction of sp³-hybridized carbons (Fsp3) is 0.0870. The molecule has 0 aliphatic heterocycles. The van der Waals surface area contributed by atoms with E-state index in [1.807, 2.05) is 31.2 Å². The van der Waals surface area contributed by atoms with Gasteiger partial charge in [-0.2, -0.15) is 0 Å². The van der Waals surface area contributed by atoms with E-state index in [2.05, 4.69) is 15.5 Å². The molecule has 0 fully saturated rings. The van der Waals surface area contributed by atoms with Crippen LogP contribution in [0.1, 0.15) is 5.56 Å².